The fourth-order valence-corrected chi connectivity index (χ4v) is 6.94. The van der Waals surface area contributed by atoms with Gasteiger partial charge in [0, 0.05) is 24.2 Å². The van der Waals surface area contributed by atoms with E-state index in [-0.39, 0.29) is 34.4 Å². The molecule has 2 aliphatic carbocycles. The van der Waals surface area contributed by atoms with Gasteiger partial charge in [0.2, 0.25) is 0 Å². The van der Waals surface area contributed by atoms with Gasteiger partial charge in [-0.25, -0.2) is 0 Å². The van der Waals surface area contributed by atoms with E-state index in [2.05, 4.69) is 20.8 Å². The Bertz CT molecular complexity index is 697. The molecule has 0 amide bonds. The van der Waals surface area contributed by atoms with Gasteiger partial charge in [0.05, 0.1) is 11.9 Å². The van der Waals surface area contributed by atoms with Gasteiger partial charge < -0.3 is 14.2 Å². The third kappa shape index (κ3) is 2.46. The Hall–Kier alpha value is -1.36. The van der Waals surface area contributed by atoms with Crippen LogP contribution in [0.15, 0.2) is 12.3 Å². The second-order valence-electron chi connectivity index (χ2n) is 10.1. The molecule has 0 aromatic rings. The molecule has 0 aromatic heterocycles. The Morgan fingerprint density at radius 1 is 1.19 bits per heavy atom. The van der Waals surface area contributed by atoms with Gasteiger partial charge in [-0.2, -0.15) is 0 Å². The molecule has 3 fully saturated rings. The molecule has 4 rings (SSSR count). The molecule has 2 aliphatic heterocycles. The molecule has 4 aliphatic rings. The van der Waals surface area contributed by atoms with E-state index in [1.54, 1.807) is 6.26 Å². The SMILES string of the molecule is CC(=O)O[C@H]1C(=O)[C@@H](C)[C@]2(CC[C@]3(C=COC3)O2)[C@@]2(C)CCCC(C)(C)[C@H]12. The molecular weight excluding hydrogens is 344 g/mol. The van der Waals surface area contributed by atoms with Gasteiger partial charge in [-0.3, -0.25) is 9.59 Å². The van der Waals surface area contributed by atoms with Crippen LogP contribution in [0.5, 0.6) is 0 Å². The maximum atomic E-state index is 13.5. The van der Waals surface area contributed by atoms with Crippen LogP contribution in [0.25, 0.3) is 0 Å². The molecule has 2 saturated carbocycles. The quantitative estimate of drug-likeness (QED) is 0.652. The van der Waals surface area contributed by atoms with E-state index >= 15 is 0 Å². The lowest BCUT2D eigenvalue weighted by Gasteiger charge is -2.64. The summed E-state index contributed by atoms with van der Waals surface area (Å²) in [7, 11) is 0. The summed E-state index contributed by atoms with van der Waals surface area (Å²) in [6.45, 7) is 10.6. The van der Waals surface area contributed by atoms with E-state index < -0.39 is 17.3 Å². The molecule has 150 valence electrons. The number of Topliss-reactive ketones (excluding diaryl/α,β-unsaturated/α-hetero) is 1. The Labute approximate surface area is 161 Å². The van der Waals surface area contributed by atoms with Gasteiger partial charge in [0.1, 0.15) is 12.2 Å². The van der Waals surface area contributed by atoms with Crippen molar-refractivity contribution in [3.8, 4) is 0 Å². The maximum Gasteiger partial charge on any atom is 0.303 e. The van der Waals surface area contributed by atoms with Crippen molar-refractivity contribution < 1.29 is 23.8 Å². The van der Waals surface area contributed by atoms with Crippen molar-refractivity contribution >= 4 is 11.8 Å². The van der Waals surface area contributed by atoms with Crippen LogP contribution in [-0.2, 0) is 23.8 Å². The fourth-order valence-electron chi connectivity index (χ4n) is 6.94. The molecule has 6 atom stereocenters. The first-order chi connectivity index (χ1) is 12.6. The van der Waals surface area contributed by atoms with Gasteiger partial charge in [-0.05, 0) is 37.2 Å². The highest BCUT2D eigenvalue weighted by Crippen LogP contribution is 2.67. The summed E-state index contributed by atoms with van der Waals surface area (Å²) in [6.07, 6.45) is 7.86. The summed E-state index contributed by atoms with van der Waals surface area (Å²) in [5.74, 6) is -0.725. The van der Waals surface area contributed by atoms with Crippen LogP contribution in [0.3, 0.4) is 0 Å². The highest BCUT2D eigenvalue weighted by Gasteiger charge is 2.72. The first-order valence-corrected chi connectivity index (χ1v) is 10.3. The molecule has 2 spiro atoms. The molecule has 0 aromatic carbocycles. The van der Waals surface area contributed by atoms with Crippen LogP contribution in [-0.4, -0.2) is 35.7 Å². The van der Waals surface area contributed by atoms with Crippen LogP contribution >= 0.6 is 0 Å². The molecule has 0 unspecified atom stereocenters. The lowest BCUT2D eigenvalue weighted by atomic mass is 9.43. The number of hydrogen-bond donors (Lipinski definition) is 0. The lowest BCUT2D eigenvalue weighted by Crippen LogP contribution is -2.70. The summed E-state index contributed by atoms with van der Waals surface area (Å²) in [5, 5.41) is 0. The monoisotopic (exact) mass is 376 g/mol. The molecule has 0 N–H and O–H groups in total. The summed E-state index contributed by atoms with van der Waals surface area (Å²) < 4.78 is 18.1. The van der Waals surface area contributed by atoms with Crippen molar-refractivity contribution in [2.75, 3.05) is 6.61 Å². The topological polar surface area (TPSA) is 61.8 Å². The fraction of sp³-hybridized carbons (Fsp3) is 0.818. The molecule has 1 saturated heterocycles. The standard InChI is InChI=1S/C22H32O5/c1-14-16(24)17(26-15(2)23)18-19(3,4)7-6-8-20(18,5)22(14)10-9-21(27-22)11-12-25-13-21/h11-12,14,17-18H,6-10,13H2,1-5H3/t14-,17+,18+,20+,21-,22-/m1/s1. The highest BCUT2D eigenvalue weighted by atomic mass is 16.6. The Balaban J connectivity index is 1.83. The molecule has 5 heteroatoms. The lowest BCUT2D eigenvalue weighted by molar-refractivity contribution is -0.256. The van der Waals surface area contributed by atoms with Crippen molar-refractivity contribution in [2.45, 2.75) is 84.0 Å². The molecule has 27 heavy (non-hydrogen) atoms. The smallest absolute Gasteiger partial charge is 0.303 e. The van der Waals surface area contributed by atoms with E-state index in [0.29, 0.717) is 6.61 Å². The minimum Gasteiger partial charge on any atom is -0.498 e. The molecular formula is C22H32O5. The van der Waals surface area contributed by atoms with Gasteiger partial charge >= 0.3 is 5.97 Å². The summed E-state index contributed by atoms with van der Waals surface area (Å²) in [6, 6.07) is 0. The molecule has 5 nitrogen and oxygen atoms in total. The van der Waals surface area contributed by atoms with Crippen molar-refractivity contribution in [2.24, 2.45) is 22.7 Å². The number of carbonyl (C=O) groups is 2. The predicted octanol–water partition coefficient (Wildman–Crippen LogP) is 3.80. The largest absolute Gasteiger partial charge is 0.498 e. The number of carbonyl (C=O) groups excluding carboxylic acids is 2. The van der Waals surface area contributed by atoms with Gasteiger partial charge in [-0.15, -0.1) is 0 Å². The number of fused-ring (bicyclic) bond motifs is 2. The van der Waals surface area contributed by atoms with Gasteiger partial charge in [0.15, 0.2) is 11.9 Å². The van der Waals surface area contributed by atoms with Crippen molar-refractivity contribution in [3.05, 3.63) is 12.3 Å². The van der Waals surface area contributed by atoms with Crippen LogP contribution < -0.4 is 0 Å². The summed E-state index contributed by atoms with van der Waals surface area (Å²) in [5.41, 5.74) is -1.29. The van der Waals surface area contributed by atoms with Crippen molar-refractivity contribution in [3.63, 3.8) is 0 Å². The zero-order valence-corrected chi connectivity index (χ0v) is 17.2. The average molecular weight is 376 g/mol. The normalized spacial score (nSPS) is 47.9. The second-order valence-corrected chi connectivity index (χ2v) is 10.1. The van der Waals surface area contributed by atoms with Gasteiger partial charge in [-0.1, -0.05) is 34.1 Å². The van der Waals surface area contributed by atoms with E-state index in [4.69, 9.17) is 14.2 Å². The number of ketones is 1. The number of esters is 1. The first-order valence-electron chi connectivity index (χ1n) is 10.3. The van der Waals surface area contributed by atoms with Crippen LogP contribution in [0.2, 0.25) is 0 Å². The minimum absolute atomic E-state index is 0.0163. The summed E-state index contributed by atoms with van der Waals surface area (Å²) >= 11 is 0. The Morgan fingerprint density at radius 3 is 2.56 bits per heavy atom. The number of rotatable bonds is 1. The third-order valence-corrected chi connectivity index (χ3v) is 8.12. The summed E-state index contributed by atoms with van der Waals surface area (Å²) in [4.78, 5) is 25.3. The first kappa shape index (κ1) is 19.0. The zero-order valence-electron chi connectivity index (χ0n) is 17.2. The number of hydrogen-bond acceptors (Lipinski definition) is 5. The highest BCUT2D eigenvalue weighted by molar-refractivity contribution is 5.90. The second kappa shape index (κ2) is 5.82. The third-order valence-electron chi connectivity index (χ3n) is 8.12. The van der Waals surface area contributed by atoms with Crippen LogP contribution in [0, 0.1) is 22.7 Å². The van der Waals surface area contributed by atoms with Gasteiger partial charge in [0.25, 0.3) is 0 Å². The average Bonchev–Trinajstić information content (AvgIpc) is 3.19. The molecule has 2 heterocycles. The van der Waals surface area contributed by atoms with E-state index in [0.717, 1.165) is 32.1 Å². The Kier molecular flexibility index (Phi) is 4.09. The predicted molar refractivity (Wildman–Crippen MR) is 99.8 cm³/mol. The molecule has 0 radical (unpaired) electrons. The minimum atomic E-state index is -0.682. The van der Waals surface area contributed by atoms with Crippen LogP contribution in [0.4, 0.5) is 0 Å². The zero-order chi connectivity index (χ0) is 19.7. The molecule has 0 bridgehead atoms. The van der Waals surface area contributed by atoms with Crippen LogP contribution in [0.1, 0.15) is 66.7 Å². The van der Waals surface area contributed by atoms with Crippen molar-refractivity contribution in [1.29, 1.82) is 0 Å². The van der Waals surface area contributed by atoms with Crippen molar-refractivity contribution in [1.82, 2.24) is 0 Å². The maximum absolute atomic E-state index is 13.5. The number of ether oxygens (including phenoxy) is 3. The Morgan fingerprint density at radius 2 is 1.93 bits per heavy atom. The van der Waals surface area contributed by atoms with E-state index in [1.807, 2.05) is 13.0 Å². The van der Waals surface area contributed by atoms with E-state index in [9.17, 15) is 9.59 Å². The van der Waals surface area contributed by atoms with E-state index in [1.165, 1.54) is 6.92 Å².